The molecule has 1 aromatic carbocycles. The number of hydrogen-bond acceptors (Lipinski definition) is 5. The summed E-state index contributed by atoms with van der Waals surface area (Å²) in [7, 11) is 0. The molecule has 0 unspecified atom stereocenters. The molecule has 124 valence electrons. The van der Waals surface area contributed by atoms with Crippen LogP contribution >= 0.6 is 11.8 Å². The molecule has 3 rings (SSSR count). The number of nitrogens with zero attached hydrogens (tertiary/aromatic N) is 1. The molecule has 1 heterocycles. The van der Waals surface area contributed by atoms with E-state index in [1.54, 1.807) is 12.1 Å². The summed E-state index contributed by atoms with van der Waals surface area (Å²) in [6.07, 6.45) is 5.10. The number of nitrogens with two attached hydrogens (primary N) is 1. The van der Waals surface area contributed by atoms with Crippen LogP contribution < -0.4 is 5.73 Å². The van der Waals surface area contributed by atoms with Crippen LogP contribution in [0.1, 0.15) is 45.5 Å². The van der Waals surface area contributed by atoms with Gasteiger partial charge in [-0.2, -0.15) is 0 Å². The van der Waals surface area contributed by atoms with E-state index in [0.717, 1.165) is 47.4 Å². The molecule has 5 nitrogen and oxygen atoms in total. The van der Waals surface area contributed by atoms with E-state index in [1.807, 2.05) is 12.1 Å². The van der Waals surface area contributed by atoms with E-state index in [9.17, 15) is 9.90 Å². The highest BCUT2D eigenvalue weighted by atomic mass is 32.2. The Kier molecular flexibility index (Phi) is 4.85. The molecule has 0 saturated carbocycles. The van der Waals surface area contributed by atoms with Gasteiger partial charge in [0, 0.05) is 17.5 Å². The number of aromatic nitrogens is 1. The number of benzene rings is 1. The molecule has 1 amide bonds. The third kappa shape index (κ3) is 3.14. The number of rotatable bonds is 5. The predicted octanol–water partition coefficient (Wildman–Crippen LogP) is 3.05. The molecule has 1 aromatic heterocycles. The van der Waals surface area contributed by atoms with E-state index >= 15 is 0 Å². The molecule has 6 heteroatoms. The first kappa shape index (κ1) is 16.5. The van der Waals surface area contributed by atoms with Crippen molar-refractivity contribution in [1.29, 1.82) is 5.41 Å². The maximum Gasteiger partial charge on any atom is 0.249 e. The molecule has 1 aliphatic rings. The third-order valence-corrected chi connectivity index (χ3v) is 5.36. The Balaban J connectivity index is 1.93. The molecule has 0 fully saturated rings. The van der Waals surface area contributed by atoms with Crippen molar-refractivity contribution < 1.29 is 9.90 Å². The lowest BCUT2D eigenvalue weighted by Crippen LogP contribution is -2.13. The average molecular weight is 341 g/mol. The highest BCUT2D eigenvalue weighted by Gasteiger charge is 2.21. The van der Waals surface area contributed by atoms with Crippen molar-refractivity contribution in [2.45, 2.75) is 36.5 Å². The van der Waals surface area contributed by atoms with Crippen LogP contribution in [0.15, 0.2) is 29.3 Å². The Morgan fingerprint density at radius 3 is 2.71 bits per heavy atom. The quantitative estimate of drug-likeness (QED) is 0.575. The minimum atomic E-state index is -0.441. The number of thioether (sulfide) groups is 1. The summed E-state index contributed by atoms with van der Waals surface area (Å²) in [5, 5.41) is 18.4. The summed E-state index contributed by atoms with van der Waals surface area (Å²) in [5.74, 6) is 0.0293. The Hall–Kier alpha value is -2.34. The van der Waals surface area contributed by atoms with Gasteiger partial charge in [0.05, 0.1) is 5.56 Å². The van der Waals surface area contributed by atoms with Crippen LogP contribution in [0, 0.1) is 5.41 Å². The first-order valence-corrected chi connectivity index (χ1v) is 8.86. The third-order valence-electron chi connectivity index (χ3n) is 4.29. The first-order chi connectivity index (χ1) is 11.6. The van der Waals surface area contributed by atoms with Gasteiger partial charge in [-0.15, -0.1) is 11.8 Å². The summed E-state index contributed by atoms with van der Waals surface area (Å²) in [6, 6.07) is 7.27. The number of amides is 1. The molecule has 4 N–H and O–H groups in total. The smallest absolute Gasteiger partial charge is 0.249 e. The van der Waals surface area contributed by atoms with Gasteiger partial charge in [-0.3, -0.25) is 4.79 Å². The largest absolute Gasteiger partial charge is 0.493 e. The first-order valence-electron chi connectivity index (χ1n) is 7.87. The Morgan fingerprint density at radius 1 is 1.29 bits per heavy atom. The topological polar surface area (TPSA) is 100 Å². The van der Waals surface area contributed by atoms with Gasteiger partial charge in [-0.25, -0.2) is 4.98 Å². The van der Waals surface area contributed by atoms with E-state index in [4.69, 9.17) is 11.1 Å². The maximum atomic E-state index is 11.5. The lowest BCUT2D eigenvalue weighted by molar-refractivity contribution is 0.0999. The standard InChI is InChI=1S/C18H19N3O2S/c19-9-15-13-7-3-4-8-14(13)18(21-17(15)23)24-10-11-5-1-2-6-12(11)16(20)22/h1-2,5-6,9,19H,3-4,7-8,10H2,(H2,20,22)(H,21,23). The van der Waals surface area contributed by atoms with Crippen LogP contribution in [0.3, 0.4) is 0 Å². The van der Waals surface area contributed by atoms with Crippen molar-refractivity contribution in [2.24, 2.45) is 5.73 Å². The van der Waals surface area contributed by atoms with Gasteiger partial charge in [0.15, 0.2) is 0 Å². The van der Waals surface area contributed by atoms with E-state index in [0.29, 0.717) is 16.9 Å². The second-order valence-electron chi connectivity index (χ2n) is 5.77. The summed E-state index contributed by atoms with van der Waals surface area (Å²) in [6.45, 7) is 0. The van der Waals surface area contributed by atoms with E-state index < -0.39 is 5.91 Å². The summed E-state index contributed by atoms with van der Waals surface area (Å²) >= 11 is 1.50. The van der Waals surface area contributed by atoms with Gasteiger partial charge >= 0.3 is 0 Å². The monoisotopic (exact) mass is 341 g/mol. The minimum absolute atomic E-state index is 0.0867. The molecule has 1 aliphatic carbocycles. The predicted molar refractivity (Wildman–Crippen MR) is 95.0 cm³/mol. The number of nitrogens with one attached hydrogen (secondary N) is 1. The maximum absolute atomic E-state index is 11.5. The molecule has 0 saturated heterocycles. The summed E-state index contributed by atoms with van der Waals surface area (Å²) < 4.78 is 0. The number of primary amides is 1. The van der Waals surface area contributed by atoms with Crippen LogP contribution in [-0.2, 0) is 18.6 Å². The number of hydrogen-bond donors (Lipinski definition) is 3. The Labute approximate surface area is 144 Å². The van der Waals surface area contributed by atoms with Gasteiger partial charge in [0.25, 0.3) is 0 Å². The minimum Gasteiger partial charge on any atom is -0.493 e. The second kappa shape index (κ2) is 7.05. The highest BCUT2D eigenvalue weighted by molar-refractivity contribution is 7.98. The van der Waals surface area contributed by atoms with Crippen LogP contribution in [0.2, 0.25) is 0 Å². The molecule has 0 radical (unpaired) electrons. The Bertz CT molecular complexity index is 805. The molecule has 0 atom stereocenters. The fourth-order valence-electron chi connectivity index (χ4n) is 3.10. The zero-order valence-corrected chi connectivity index (χ0v) is 14.0. The molecular formula is C18H19N3O2S. The van der Waals surface area contributed by atoms with E-state index in [-0.39, 0.29) is 5.88 Å². The second-order valence-corrected chi connectivity index (χ2v) is 6.74. The van der Waals surface area contributed by atoms with Crippen LogP contribution in [-0.4, -0.2) is 22.2 Å². The van der Waals surface area contributed by atoms with E-state index in [2.05, 4.69) is 4.98 Å². The summed E-state index contributed by atoms with van der Waals surface area (Å²) in [4.78, 5) is 15.8. The van der Waals surface area contributed by atoms with Crippen molar-refractivity contribution >= 4 is 23.9 Å². The fourth-order valence-corrected chi connectivity index (χ4v) is 4.20. The van der Waals surface area contributed by atoms with Gasteiger partial charge in [0.2, 0.25) is 11.8 Å². The lowest BCUT2D eigenvalue weighted by atomic mass is 9.90. The molecule has 0 bridgehead atoms. The van der Waals surface area contributed by atoms with Gasteiger partial charge in [-0.1, -0.05) is 18.2 Å². The van der Waals surface area contributed by atoms with Gasteiger partial charge < -0.3 is 16.2 Å². The number of pyridine rings is 1. The van der Waals surface area contributed by atoms with Crippen LogP contribution in [0.25, 0.3) is 0 Å². The molecule has 24 heavy (non-hydrogen) atoms. The van der Waals surface area contributed by atoms with Gasteiger partial charge in [-0.05, 0) is 48.4 Å². The fraction of sp³-hybridized carbons (Fsp3) is 0.278. The molecular weight excluding hydrogens is 322 g/mol. The van der Waals surface area contributed by atoms with Crippen molar-refractivity contribution in [1.82, 2.24) is 4.98 Å². The van der Waals surface area contributed by atoms with Crippen LogP contribution in [0.5, 0.6) is 5.88 Å². The molecule has 0 spiro atoms. The van der Waals surface area contributed by atoms with Crippen molar-refractivity contribution in [3.8, 4) is 5.88 Å². The molecule has 2 aromatic rings. The number of carbonyl (C=O) groups is 1. The SMILES string of the molecule is N=Cc1c(O)nc(SCc2ccccc2C(N)=O)c2c1CCCC2. The average Bonchev–Trinajstić information content (AvgIpc) is 2.60. The van der Waals surface area contributed by atoms with Crippen molar-refractivity contribution in [2.75, 3.05) is 0 Å². The van der Waals surface area contributed by atoms with Crippen molar-refractivity contribution in [3.05, 3.63) is 52.1 Å². The number of aromatic hydroxyl groups is 1. The molecule has 0 aliphatic heterocycles. The van der Waals surface area contributed by atoms with Crippen LogP contribution in [0.4, 0.5) is 0 Å². The van der Waals surface area contributed by atoms with Gasteiger partial charge in [0.1, 0.15) is 5.03 Å². The lowest BCUT2D eigenvalue weighted by Gasteiger charge is -2.21. The van der Waals surface area contributed by atoms with Crippen molar-refractivity contribution in [3.63, 3.8) is 0 Å². The Morgan fingerprint density at radius 2 is 2.00 bits per heavy atom. The zero-order valence-electron chi connectivity index (χ0n) is 13.2. The number of carbonyl (C=O) groups excluding carboxylic acids is 1. The number of fused-ring (bicyclic) bond motifs is 1. The highest BCUT2D eigenvalue weighted by Crippen LogP contribution is 2.36. The normalized spacial score (nSPS) is 13.3. The zero-order chi connectivity index (χ0) is 17.1. The van der Waals surface area contributed by atoms with E-state index in [1.165, 1.54) is 18.0 Å². The summed E-state index contributed by atoms with van der Waals surface area (Å²) in [5.41, 5.74) is 9.49.